The Labute approximate surface area is 178 Å². The summed E-state index contributed by atoms with van der Waals surface area (Å²) in [5.74, 6) is 1.22. The number of nitrogens with zero attached hydrogens (tertiary/aromatic N) is 1. The van der Waals surface area contributed by atoms with Crippen LogP contribution in [0.4, 0.5) is 4.39 Å². The first-order valence-corrected chi connectivity index (χ1v) is 11.4. The fourth-order valence-electron chi connectivity index (χ4n) is 4.56. The predicted molar refractivity (Wildman–Crippen MR) is 112 cm³/mol. The largest absolute Gasteiger partial charge is 0.493 e. The molecule has 1 saturated heterocycles. The van der Waals surface area contributed by atoms with Gasteiger partial charge >= 0.3 is 0 Å². The zero-order chi connectivity index (χ0) is 21.7. The van der Waals surface area contributed by atoms with Gasteiger partial charge in [-0.2, -0.15) is 0 Å². The van der Waals surface area contributed by atoms with Gasteiger partial charge in [0.25, 0.3) is 5.91 Å². The van der Waals surface area contributed by atoms with Gasteiger partial charge in [0.05, 0.1) is 12.2 Å². The molecule has 1 aromatic carbocycles. The van der Waals surface area contributed by atoms with E-state index in [0.29, 0.717) is 37.2 Å². The fraction of sp³-hybridized carbons (Fsp3) is 0.696. The molecule has 1 aromatic rings. The molecule has 30 heavy (non-hydrogen) atoms. The van der Waals surface area contributed by atoms with Crippen LogP contribution in [0.25, 0.3) is 0 Å². The predicted octanol–water partition coefficient (Wildman–Crippen LogP) is 5.02. The van der Waals surface area contributed by atoms with Gasteiger partial charge < -0.3 is 9.64 Å². The molecule has 2 aliphatic carbocycles. The summed E-state index contributed by atoms with van der Waals surface area (Å²) in [7, 11) is 0. The summed E-state index contributed by atoms with van der Waals surface area (Å²) in [6, 6.07) is 3.05. The second-order valence-corrected chi connectivity index (χ2v) is 8.54. The highest BCUT2D eigenvalue weighted by Crippen LogP contribution is 2.45. The van der Waals surface area contributed by atoms with Crippen molar-refractivity contribution in [3.63, 3.8) is 0 Å². The lowest BCUT2D eigenvalue weighted by atomic mass is 10.0. The van der Waals surface area contributed by atoms with Crippen LogP contribution >= 0.6 is 0 Å². The number of carbonyl (C=O) groups excluding carboxylic acids is 1. The summed E-state index contributed by atoms with van der Waals surface area (Å²) >= 11 is 0. The monoisotopic (exact) mass is 422 g/mol. The molecule has 3 fully saturated rings. The van der Waals surface area contributed by atoms with Gasteiger partial charge in [0, 0.05) is 12.6 Å². The first kappa shape index (κ1) is 23.0. The molecule has 3 aliphatic rings. The van der Waals surface area contributed by atoms with Crippen molar-refractivity contribution in [2.45, 2.75) is 77.9 Å². The number of rotatable bonds is 7. The van der Waals surface area contributed by atoms with E-state index in [1.54, 1.807) is 11.7 Å². The first-order valence-electron chi connectivity index (χ1n) is 11.4. The van der Waals surface area contributed by atoms with Gasteiger partial charge in [-0.1, -0.05) is 32.8 Å². The van der Waals surface area contributed by atoms with Crippen molar-refractivity contribution in [3.05, 3.63) is 29.1 Å². The molecule has 1 aliphatic heterocycles. The molecular formula is C23H35FN2O4. The average molecular weight is 423 g/mol. The maximum atomic E-state index is 14.9. The number of likely N-dealkylation sites (tertiary alicyclic amines) is 1. The molecule has 0 spiro atoms. The van der Waals surface area contributed by atoms with E-state index in [-0.39, 0.29) is 5.56 Å². The number of nitrogens with one attached hydrogen (secondary N) is 1. The number of carbonyl (C=O) groups is 1. The van der Waals surface area contributed by atoms with Gasteiger partial charge in [-0.05, 0) is 67.9 Å². The summed E-state index contributed by atoms with van der Waals surface area (Å²) < 4.78 is 20.9. The minimum Gasteiger partial charge on any atom is -0.493 e. The quantitative estimate of drug-likeness (QED) is 0.604. The molecular weight excluding hydrogens is 387 g/mol. The van der Waals surface area contributed by atoms with Crippen LogP contribution in [0, 0.1) is 17.7 Å². The Morgan fingerprint density at radius 3 is 2.63 bits per heavy atom. The van der Waals surface area contributed by atoms with Crippen LogP contribution < -0.4 is 10.4 Å². The van der Waals surface area contributed by atoms with E-state index < -0.39 is 18.0 Å². The number of benzene rings is 1. The Kier molecular flexibility index (Phi) is 8.08. The zero-order valence-corrected chi connectivity index (χ0v) is 18.3. The molecule has 4 rings (SSSR count). The molecule has 2 N–H and O–H groups in total. The van der Waals surface area contributed by atoms with Crippen molar-refractivity contribution < 1.29 is 24.0 Å². The third kappa shape index (κ3) is 5.31. The molecule has 0 bridgehead atoms. The fourth-order valence-corrected chi connectivity index (χ4v) is 4.56. The summed E-state index contributed by atoms with van der Waals surface area (Å²) in [6.07, 6.45) is 6.38. The standard InChI is InChI=1S/C21H29FN2O4.C2H6/c1-13-4-5-14(9-13)12-27-19-11-18(22)17(10-16(19)15-6-7-15)21(25)24-8-2-3-20(24)28-23-26;1-2/h10-11,13-15,20,23,26H,2-9,12H2,1H3;1-2H3. The third-order valence-electron chi connectivity index (χ3n) is 6.27. The summed E-state index contributed by atoms with van der Waals surface area (Å²) in [4.78, 5) is 19.4. The highest BCUT2D eigenvalue weighted by atomic mass is 19.1. The molecule has 2 saturated carbocycles. The Hall–Kier alpha value is -1.70. The van der Waals surface area contributed by atoms with Crippen molar-refractivity contribution in [3.8, 4) is 5.75 Å². The highest BCUT2D eigenvalue weighted by molar-refractivity contribution is 5.95. The van der Waals surface area contributed by atoms with E-state index in [1.807, 2.05) is 13.8 Å². The Morgan fingerprint density at radius 2 is 2.00 bits per heavy atom. The van der Waals surface area contributed by atoms with E-state index in [2.05, 4.69) is 6.92 Å². The SMILES string of the molecule is CC.CC1CCC(COc2cc(F)c(C(=O)N3CCCC3ONO)cc2C2CC2)C1. The van der Waals surface area contributed by atoms with Crippen molar-refractivity contribution in [2.75, 3.05) is 13.2 Å². The molecule has 3 atom stereocenters. The van der Waals surface area contributed by atoms with Crippen LogP contribution in [0.2, 0.25) is 0 Å². The molecule has 1 heterocycles. The number of halogens is 1. The van der Waals surface area contributed by atoms with Gasteiger partial charge in [-0.15, -0.1) is 0 Å². The lowest BCUT2D eigenvalue weighted by molar-refractivity contribution is -0.188. The van der Waals surface area contributed by atoms with Gasteiger partial charge in [0.2, 0.25) is 0 Å². The van der Waals surface area contributed by atoms with Gasteiger partial charge in [-0.25, -0.2) is 4.39 Å². The first-order chi connectivity index (χ1) is 14.6. The molecule has 1 amide bonds. The Bertz CT molecular complexity index is 725. The van der Waals surface area contributed by atoms with Gasteiger partial charge in [0.1, 0.15) is 11.6 Å². The lowest BCUT2D eigenvalue weighted by Crippen LogP contribution is -2.39. The number of amides is 1. The van der Waals surface area contributed by atoms with Crippen LogP contribution in [0.15, 0.2) is 12.1 Å². The molecule has 0 radical (unpaired) electrons. The zero-order valence-electron chi connectivity index (χ0n) is 18.3. The molecule has 7 heteroatoms. The molecule has 168 valence electrons. The third-order valence-corrected chi connectivity index (χ3v) is 6.27. The van der Waals surface area contributed by atoms with Crippen molar-refractivity contribution >= 4 is 5.91 Å². The maximum Gasteiger partial charge on any atom is 0.258 e. The van der Waals surface area contributed by atoms with Gasteiger partial charge in [0.15, 0.2) is 6.23 Å². The van der Waals surface area contributed by atoms with E-state index >= 15 is 0 Å². The molecule has 3 unspecified atom stereocenters. The topological polar surface area (TPSA) is 71.0 Å². The van der Waals surface area contributed by atoms with Crippen LogP contribution in [0.5, 0.6) is 5.75 Å². The smallest absolute Gasteiger partial charge is 0.258 e. The Balaban J connectivity index is 0.00000124. The maximum absolute atomic E-state index is 14.9. The van der Waals surface area contributed by atoms with Crippen molar-refractivity contribution in [2.24, 2.45) is 11.8 Å². The van der Waals surface area contributed by atoms with E-state index in [9.17, 15) is 9.18 Å². The van der Waals surface area contributed by atoms with Crippen molar-refractivity contribution in [1.82, 2.24) is 10.5 Å². The van der Waals surface area contributed by atoms with E-state index in [4.69, 9.17) is 14.8 Å². The van der Waals surface area contributed by atoms with Crippen LogP contribution in [0.1, 0.15) is 87.6 Å². The average Bonchev–Trinajstić information content (AvgIpc) is 3.34. The number of hydrogen-bond donors (Lipinski definition) is 2. The number of ether oxygens (including phenoxy) is 1. The Morgan fingerprint density at radius 1 is 1.23 bits per heavy atom. The van der Waals surface area contributed by atoms with Crippen LogP contribution in [-0.2, 0) is 4.84 Å². The second kappa shape index (κ2) is 10.6. The van der Waals surface area contributed by atoms with Crippen molar-refractivity contribution in [1.29, 1.82) is 0 Å². The summed E-state index contributed by atoms with van der Waals surface area (Å²) in [5, 5.41) is 8.78. The molecule has 6 nitrogen and oxygen atoms in total. The minimum absolute atomic E-state index is 0.0529. The van der Waals surface area contributed by atoms with E-state index in [1.165, 1.54) is 17.4 Å². The summed E-state index contributed by atoms with van der Waals surface area (Å²) in [6.45, 7) is 7.35. The number of hydrogen-bond acceptors (Lipinski definition) is 5. The van der Waals surface area contributed by atoms with E-state index in [0.717, 1.165) is 43.6 Å². The molecule has 0 aromatic heterocycles. The second-order valence-electron chi connectivity index (χ2n) is 8.54. The van der Waals surface area contributed by atoms with Crippen LogP contribution in [0.3, 0.4) is 0 Å². The minimum atomic E-state index is -0.596. The normalized spacial score (nSPS) is 25.8. The lowest BCUT2D eigenvalue weighted by Gasteiger charge is -2.24. The van der Waals surface area contributed by atoms with Crippen LogP contribution in [-0.4, -0.2) is 35.4 Å². The van der Waals surface area contributed by atoms with Gasteiger partial charge in [-0.3, -0.25) is 14.8 Å². The highest BCUT2D eigenvalue weighted by Gasteiger charge is 2.35. The summed E-state index contributed by atoms with van der Waals surface area (Å²) in [5.41, 5.74) is 2.64.